The molecule has 1 amide bonds. The van der Waals surface area contributed by atoms with Gasteiger partial charge in [-0.2, -0.15) is 0 Å². The second kappa shape index (κ2) is 10.1. The maximum Gasteiger partial charge on any atom is 0.230 e. The molecule has 2 aromatic carbocycles. The van der Waals surface area contributed by atoms with Gasteiger partial charge in [-0.15, -0.1) is 0 Å². The van der Waals surface area contributed by atoms with Crippen LogP contribution >= 0.6 is 0 Å². The van der Waals surface area contributed by atoms with Crippen molar-refractivity contribution >= 4 is 17.7 Å². The van der Waals surface area contributed by atoms with Gasteiger partial charge in [0.25, 0.3) is 0 Å². The van der Waals surface area contributed by atoms with Crippen molar-refractivity contribution in [1.82, 2.24) is 0 Å². The molecule has 28 heavy (non-hydrogen) atoms. The molecule has 4 nitrogen and oxygen atoms in total. The van der Waals surface area contributed by atoms with Crippen LogP contribution < -0.4 is 15.1 Å². The first-order chi connectivity index (χ1) is 13.6. The van der Waals surface area contributed by atoms with Crippen molar-refractivity contribution in [3.05, 3.63) is 71.8 Å². The highest BCUT2D eigenvalue weighted by atomic mass is 19.2. The molecule has 1 aliphatic heterocycles. The molecule has 3 rings (SSSR count). The van der Waals surface area contributed by atoms with Crippen LogP contribution in [0.2, 0.25) is 0 Å². The molecule has 0 aromatic heterocycles. The van der Waals surface area contributed by atoms with E-state index in [1.165, 1.54) is 16.5 Å². The lowest BCUT2D eigenvalue weighted by atomic mass is 10.2. The molecule has 0 bridgehead atoms. The standard InChI is InChI=1S/C22H25F2N3O/c23-20-9-8-19(17-21(20)24)25-22(28)10-12-27-15-13-26(14-16-27)11-4-7-18-5-2-1-3-6-18/h1-9,17H,10-16H2,(H,25,28)/p+2/b7-4+. The van der Waals surface area contributed by atoms with Crippen LogP contribution in [0.25, 0.3) is 6.08 Å². The third-order valence-corrected chi connectivity index (χ3v) is 5.09. The topological polar surface area (TPSA) is 38.0 Å². The average Bonchev–Trinajstić information content (AvgIpc) is 2.71. The predicted molar refractivity (Wildman–Crippen MR) is 106 cm³/mol. The molecule has 1 aliphatic rings. The van der Waals surface area contributed by atoms with Crippen molar-refractivity contribution < 1.29 is 23.4 Å². The first-order valence-electron chi connectivity index (χ1n) is 9.74. The van der Waals surface area contributed by atoms with Gasteiger partial charge in [0.15, 0.2) is 11.6 Å². The minimum atomic E-state index is -0.955. The maximum atomic E-state index is 13.2. The minimum absolute atomic E-state index is 0.168. The van der Waals surface area contributed by atoms with E-state index in [0.717, 1.165) is 51.4 Å². The molecule has 1 fully saturated rings. The maximum absolute atomic E-state index is 13.2. The number of amides is 1. The summed E-state index contributed by atoms with van der Waals surface area (Å²) in [7, 11) is 0. The molecule has 0 aliphatic carbocycles. The van der Waals surface area contributed by atoms with Crippen LogP contribution in [0.5, 0.6) is 0 Å². The molecule has 0 atom stereocenters. The average molecular weight is 387 g/mol. The largest absolute Gasteiger partial charge is 0.326 e. The number of hydrogen-bond acceptors (Lipinski definition) is 1. The van der Waals surface area contributed by atoms with E-state index < -0.39 is 11.6 Å². The third-order valence-electron chi connectivity index (χ3n) is 5.09. The van der Waals surface area contributed by atoms with Gasteiger partial charge in [-0.1, -0.05) is 36.4 Å². The minimum Gasteiger partial charge on any atom is -0.326 e. The summed E-state index contributed by atoms with van der Waals surface area (Å²) in [5.41, 5.74) is 1.51. The summed E-state index contributed by atoms with van der Waals surface area (Å²) in [6.07, 6.45) is 4.76. The SMILES string of the molecule is O=C(CC[NH+]1CC[NH+](C/C=C/c2ccccc2)CC1)Nc1ccc(F)c(F)c1. The molecular formula is C22H27F2N3O+2. The highest BCUT2D eigenvalue weighted by Crippen LogP contribution is 2.13. The van der Waals surface area contributed by atoms with Gasteiger partial charge >= 0.3 is 0 Å². The van der Waals surface area contributed by atoms with E-state index in [4.69, 9.17) is 0 Å². The fraction of sp³-hybridized carbons (Fsp3) is 0.318. The Morgan fingerprint density at radius 1 is 0.964 bits per heavy atom. The second-order valence-corrected chi connectivity index (χ2v) is 7.19. The first-order valence-corrected chi connectivity index (χ1v) is 9.74. The van der Waals surface area contributed by atoms with Crippen molar-refractivity contribution in [3.8, 4) is 0 Å². The van der Waals surface area contributed by atoms with Crippen molar-refractivity contribution in [2.24, 2.45) is 0 Å². The molecule has 0 saturated carbocycles. The fourth-order valence-electron chi connectivity index (χ4n) is 3.42. The number of halogens is 2. The number of anilines is 1. The lowest BCUT2D eigenvalue weighted by molar-refractivity contribution is -1.01. The normalized spacial score (nSPS) is 19.6. The van der Waals surface area contributed by atoms with Crippen LogP contribution in [0.15, 0.2) is 54.6 Å². The lowest BCUT2D eigenvalue weighted by Crippen LogP contribution is -3.28. The Morgan fingerprint density at radius 3 is 2.39 bits per heavy atom. The monoisotopic (exact) mass is 387 g/mol. The van der Waals surface area contributed by atoms with Gasteiger partial charge in [-0.05, 0) is 23.8 Å². The molecule has 3 N–H and O–H groups in total. The quantitative estimate of drug-likeness (QED) is 0.646. The number of rotatable bonds is 7. The van der Waals surface area contributed by atoms with Crippen molar-refractivity contribution in [2.75, 3.05) is 44.6 Å². The number of hydrogen-bond donors (Lipinski definition) is 3. The van der Waals surface area contributed by atoms with Gasteiger partial charge in [0.1, 0.15) is 26.2 Å². The van der Waals surface area contributed by atoms with Crippen LogP contribution in [-0.2, 0) is 4.79 Å². The van der Waals surface area contributed by atoms with Gasteiger partial charge in [0, 0.05) is 11.8 Å². The molecule has 6 heteroatoms. The molecule has 0 radical (unpaired) electrons. The number of carbonyl (C=O) groups excluding carboxylic acids is 1. The summed E-state index contributed by atoms with van der Waals surface area (Å²) in [5, 5.41) is 2.63. The highest BCUT2D eigenvalue weighted by Gasteiger charge is 2.22. The highest BCUT2D eigenvalue weighted by molar-refractivity contribution is 5.90. The zero-order valence-corrected chi connectivity index (χ0v) is 15.9. The molecule has 0 spiro atoms. The van der Waals surface area contributed by atoms with E-state index in [1.54, 1.807) is 4.90 Å². The summed E-state index contributed by atoms with van der Waals surface area (Å²) in [5.74, 6) is -2.04. The van der Waals surface area contributed by atoms with E-state index in [9.17, 15) is 13.6 Å². The second-order valence-electron chi connectivity index (χ2n) is 7.19. The first kappa shape index (κ1) is 20.2. The predicted octanol–water partition coefficient (Wildman–Crippen LogP) is 0.790. The van der Waals surface area contributed by atoms with Gasteiger partial charge in [-0.3, -0.25) is 4.79 Å². The van der Waals surface area contributed by atoms with Crippen molar-refractivity contribution in [2.45, 2.75) is 6.42 Å². The Bertz CT molecular complexity index is 803. The van der Waals surface area contributed by atoms with Crippen LogP contribution in [0.1, 0.15) is 12.0 Å². The summed E-state index contributed by atoms with van der Waals surface area (Å²) in [4.78, 5) is 15.0. The Labute approximate surface area is 164 Å². The molecule has 2 aromatic rings. The van der Waals surface area contributed by atoms with Gasteiger partial charge in [-0.25, -0.2) is 8.78 Å². The number of piperazine rings is 1. The van der Waals surface area contributed by atoms with Gasteiger partial charge < -0.3 is 15.1 Å². The molecule has 1 heterocycles. The Hall–Kier alpha value is -2.57. The smallest absolute Gasteiger partial charge is 0.230 e. The van der Waals surface area contributed by atoms with E-state index in [0.29, 0.717) is 12.1 Å². The summed E-state index contributed by atoms with van der Waals surface area (Å²) in [6, 6.07) is 13.7. The van der Waals surface area contributed by atoms with E-state index in [-0.39, 0.29) is 5.91 Å². The molecule has 0 unspecified atom stereocenters. The fourth-order valence-corrected chi connectivity index (χ4v) is 3.42. The van der Waals surface area contributed by atoms with E-state index in [1.807, 2.05) is 18.2 Å². The van der Waals surface area contributed by atoms with Crippen molar-refractivity contribution in [3.63, 3.8) is 0 Å². The van der Waals surface area contributed by atoms with Gasteiger partial charge in [0.2, 0.25) is 5.91 Å². The number of benzene rings is 2. The summed E-state index contributed by atoms with van der Waals surface area (Å²) < 4.78 is 26.1. The van der Waals surface area contributed by atoms with Crippen LogP contribution in [0.4, 0.5) is 14.5 Å². The zero-order valence-electron chi connectivity index (χ0n) is 15.9. The Morgan fingerprint density at radius 2 is 1.68 bits per heavy atom. The van der Waals surface area contributed by atoms with Crippen molar-refractivity contribution in [1.29, 1.82) is 0 Å². The van der Waals surface area contributed by atoms with Gasteiger partial charge in [0.05, 0.1) is 19.5 Å². The van der Waals surface area contributed by atoms with E-state index in [2.05, 4.69) is 29.6 Å². The lowest BCUT2D eigenvalue weighted by Gasteiger charge is -2.29. The van der Waals surface area contributed by atoms with Crippen LogP contribution in [0.3, 0.4) is 0 Å². The zero-order chi connectivity index (χ0) is 19.8. The summed E-state index contributed by atoms with van der Waals surface area (Å²) in [6.45, 7) is 6.00. The van der Waals surface area contributed by atoms with Crippen LogP contribution in [-0.4, -0.2) is 45.2 Å². The summed E-state index contributed by atoms with van der Waals surface area (Å²) >= 11 is 0. The third kappa shape index (κ3) is 6.25. The van der Waals surface area contributed by atoms with E-state index >= 15 is 0 Å². The Balaban J connectivity index is 1.34. The molecule has 1 saturated heterocycles. The van der Waals surface area contributed by atoms with Crippen LogP contribution in [0, 0.1) is 11.6 Å². The number of quaternary nitrogens is 2. The number of carbonyl (C=O) groups is 1. The number of nitrogens with one attached hydrogen (secondary N) is 3. The Kier molecular flexibility index (Phi) is 7.28. The molecular weight excluding hydrogens is 360 g/mol. The molecule has 148 valence electrons.